The zero-order valence-electron chi connectivity index (χ0n) is 18.9. The molecule has 0 aromatic rings. The monoisotopic (exact) mass is 388 g/mol. The second kappa shape index (κ2) is 20.1. The van der Waals surface area contributed by atoms with Gasteiger partial charge in [0.1, 0.15) is 0 Å². The number of rotatable bonds is 19. The predicted molar refractivity (Wildman–Crippen MR) is 125 cm³/mol. The minimum atomic E-state index is 0. The summed E-state index contributed by atoms with van der Waals surface area (Å²) in [5.41, 5.74) is 0. The van der Waals surface area contributed by atoms with Crippen LogP contribution in [0.5, 0.6) is 0 Å². The molecule has 1 nitrogen and oxygen atoms in total. The molecular weight excluding hydrogens is 335 g/mol. The Labute approximate surface area is 169 Å². The van der Waals surface area contributed by atoms with Gasteiger partial charge in [0.25, 0.3) is 0 Å². The molecule has 0 rings (SSSR count). The van der Waals surface area contributed by atoms with Crippen LogP contribution in [0.25, 0.3) is 0 Å². The molecule has 0 amide bonds. The third kappa shape index (κ3) is 14.4. The molecule has 0 bridgehead atoms. The predicted octanol–water partition coefficient (Wildman–Crippen LogP) is 8.49. The second-order valence-corrected chi connectivity index (χ2v) is 9.69. The van der Waals surface area contributed by atoms with Crippen molar-refractivity contribution >= 4 is 9.24 Å². The molecule has 0 aliphatic carbocycles. The van der Waals surface area contributed by atoms with E-state index < -0.39 is 0 Å². The summed E-state index contributed by atoms with van der Waals surface area (Å²) >= 11 is 0. The molecule has 2 heteroatoms. The summed E-state index contributed by atoms with van der Waals surface area (Å²) in [7, 11) is 3.38. The van der Waals surface area contributed by atoms with Crippen molar-refractivity contribution in [3.05, 3.63) is 0 Å². The van der Waals surface area contributed by atoms with E-state index in [9.17, 15) is 0 Å². The van der Waals surface area contributed by atoms with E-state index in [0.29, 0.717) is 5.16 Å². The van der Waals surface area contributed by atoms with Crippen molar-refractivity contribution in [2.45, 2.75) is 148 Å². The Morgan fingerprint density at radius 2 is 0.923 bits per heavy atom. The molecule has 0 saturated carbocycles. The maximum Gasteiger partial charge on any atom is -0.0122 e. The highest BCUT2D eigenvalue weighted by Gasteiger charge is 2.32. The second-order valence-electron chi connectivity index (χ2n) is 8.54. The fourth-order valence-electron chi connectivity index (χ4n) is 4.24. The molecule has 2 N–H and O–H groups in total. The molecule has 0 radical (unpaired) electrons. The lowest BCUT2D eigenvalue weighted by Gasteiger charge is -2.39. The lowest BCUT2D eigenvalue weighted by molar-refractivity contribution is 0.274. The highest BCUT2D eigenvalue weighted by molar-refractivity contribution is 7.19. The van der Waals surface area contributed by atoms with Crippen LogP contribution in [0, 0.1) is 5.92 Å². The van der Waals surface area contributed by atoms with Gasteiger partial charge in [-0.15, -0.1) is 9.24 Å². The first-order valence-electron chi connectivity index (χ1n) is 11.9. The SMILES string of the molecule is CCCCCCCCCCC(CCCC)C(P)(CCCC)CCCC.O. The van der Waals surface area contributed by atoms with Crippen molar-refractivity contribution in [1.29, 1.82) is 0 Å². The van der Waals surface area contributed by atoms with Gasteiger partial charge >= 0.3 is 0 Å². The topological polar surface area (TPSA) is 31.5 Å². The summed E-state index contributed by atoms with van der Waals surface area (Å²) < 4.78 is 0. The van der Waals surface area contributed by atoms with E-state index in [0.717, 1.165) is 5.92 Å². The van der Waals surface area contributed by atoms with Crippen LogP contribution in [0.15, 0.2) is 0 Å². The summed E-state index contributed by atoms with van der Waals surface area (Å²) in [5.74, 6) is 0.940. The van der Waals surface area contributed by atoms with Gasteiger partial charge in [-0.2, -0.15) is 0 Å². The van der Waals surface area contributed by atoms with Gasteiger partial charge < -0.3 is 5.48 Å². The normalized spacial score (nSPS) is 12.8. The van der Waals surface area contributed by atoms with Gasteiger partial charge in [-0.05, 0) is 36.8 Å². The van der Waals surface area contributed by atoms with Gasteiger partial charge in [0.15, 0.2) is 0 Å². The molecule has 26 heavy (non-hydrogen) atoms. The Kier molecular flexibility index (Phi) is 22.1. The summed E-state index contributed by atoms with van der Waals surface area (Å²) in [6, 6.07) is 0. The van der Waals surface area contributed by atoms with E-state index in [1.807, 2.05) is 0 Å². The number of hydrogen-bond donors (Lipinski definition) is 0. The maximum absolute atomic E-state index is 3.38. The number of unbranched alkanes of at least 4 members (excludes halogenated alkanes) is 10. The minimum Gasteiger partial charge on any atom is -0.412 e. The van der Waals surface area contributed by atoms with Crippen LogP contribution in [0.1, 0.15) is 143 Å². The molecule has 0 aliphatic rings. The zero-order chi connectivity index (χ0) is 18.8. The lowest BCUT2D eigenvalue weighted by Crippen LogP contribution is -2.32. The van der Waals surface area contributed by atoms with Crippen molar-refractivity contribution in [2.75, 3.05) is 0 Å². The van der Waals surface area contributed by atoms with Crippen LogP contribution in [0.3, 0.4) is 0 Å². The van der Waals surface area contributed by atoms with Gasteiger partial charge in [-0.1, -0.05) is 118 Å². The summed E-state index contributed by atoms with van der Waals surface area (Å²) in [4.78, 5) is 0. The molecule has 160 valence electrons. The lowest BCUT2D eigenvalue weighted by atomic mass is 9.77. The highest BCUT2D eigenvalue weighted by atomic mass is 31.0. The van der Waals surface area contributed by atoms with Crippen molar-refractivity contribution in [3.8, 4) is 0 Å². The van der Waals surface area contributed by atoms with Gasteiger partial charge in [-0.25, -0.2) is 0 Å². The molecular formula is C24H53OP. The molecule has 0 aliphatic heterocycles. The van der Waals surface area contributed by atoms with E-state index >= 15 is 0 Å². The molecule has 2 atom stereocenters. The smallest absolute Gasteiger partial charge is 0.0122 e. The van der Waals surface area contributed by atoms with Crippen LogP contribution in [-0.2, 0) is 0 Å². The Morgan fingerprint density at radius 1 is 0.538 bits per heavy atom. The largest absolute Gasteiger partial charge is 0.412 e. The van der Waals surface area contributed by atoms with Gasteiger partial charge in [0, 0.05) is 0 Å². The molecule has 2 unspecified atom stereocenters. The molecule has 0 saturated heterocycles. The molecule has 0 aromatic heterocycles. The maximum atomic E-state index is 3.38. The summed E-state index contributed by atoms with van der Waals surface area (Å²) in [5, 5.41) is 0.530. The zero-order valence-corrected chi connectivity index (χ0v) is 20.0. The van der Waals surface area contributed by atoms with E-state index in [4.69, 9.17) is 0 Å². The average molecular weight is 389 g/mol. The Hall–Kier alpha value is 0.390. The van der Waals surface area contributed by atoms with Gasteiger partial charge in [0.2, 0.25) is 0 Å². The molecule has 0 heterocycles. The molecule has 0 fully saturated rings. The quantitative estimate of drug-likeness (QED) is 0.157. The van der Waals surface area contributed by atoms with Crippen LogP contribution in [-0.4, -0.2) is 10.6 Å². The van der Waals surface area contributed by atoms with Crippen LogP contribution < -0.4 is 0 Å². The van der Waals surface area contributed by atoms with E-state index in [-0.39, 0.29) is 5.48 Å². The number of hydrogen-bond acceptors (Lipinski definition) is 0. The Bertz CT molecular complexity index is 259. The van der Waals surface area contributed by atoms with E-state index in [2.05, 4.69) is 36.9 Å². The van der Waals surface area contributed by atoms with Crippen molar-refractivity contribution in [2.24, 2.45) is 5.92 Å². The van der Waals surface area contributed by atoms with Crippen molar-refractivity contribution in [1.82, 2.24) is 0 Å². The van der Waals surface area contributed by atoms with Crippen molar-refractivity contribution < 1.29 is 5.48 Å². The standard InChI is InChI=1S/C24H51P.H2O/c1-5-9-13-14-15-16-17-18-20-23(19-10-6-2)24(25,21-11-7-3)22-12-8-4;/h23H,5-22,25H2,1-4H3;1H2. The third-order valence-electron chi connectivity index (χ3n) is 6.12. The highest BCUT2D eigenvalue weighted by Crippen LogP contribution is 2.43. The van der Waals surface area contributed by atoms with E-state index in [1.165, 1.54) is 116 Å². The fourth-order valence-corrected chi connectivity index (χ4v) is 4.98. The first-order valence-corrected chi connectivity index (χ1v) is 12.5. The van der Waals surface area contributed by atoms with Crippen LogP contribution >= 0.6 is 9.24 Å². The van der Waals surface area contributed by atoms with Crippen molar-refractivity contribution in [3.63, 3.8) is 0 Å². The first-order chi connectivity index (χ1) is 12.1. The van der Waals surface area contributed by atoms with E-state index in [1.54, 1.807) is 0 Å². The van der Waals surface area contributed by atoms with Gasteiger partial charge in [0.05, 0.1) is 0 Å². The minimum absolute atomic E-state index is 0. The van der Waals surface area contributed by atoms with Gasteiger partial charge in [-0.3, -0.25) is 0 Å². The first kappa shape index (κ1) is 28.6. The molecule has 0 aromatic carbocycles. The third-order valence-corrected chi connectivity index (χ3v) is 7.17. The molecule has 0 spiro atoms. The van der Waals surface area contributed by atoms with Crippen LogP contribution in [0.4, 0.5) is 0 Å². The fraction of sp³-hybridized carbons (Fsp3) is 1.00. The summed E-state index contributed by atoms with van der Waals surface area (Å²) in [6.07, 6.45) is 25.7. The average Bonchev–Trinajstić information content (AvgIpc) is 2.62. The van der Waals surface area contributed by atoms with Crippen LogP contribution in [0.2, 0.25) is 0 Å². The summed E-state index contributed by atoms with van der Waals surface area (Å²) in [6.45, 7) is 9.37. The Balaban J connectivity index is 0. The Morgan fingerprint density at radius 3 is 1.38 bits per heavy atom.